The summed E-state index contributed by atoms with van der Waals surface area (Å²) in [6.45, 7) is 1.74. The van der Waals surface area contributed by atoms with Crippen LogP contribution < -0.4 is 0 Å². The van der Waals surface area contributed by atoms with E-state index < -0.39 is 9.84 Å². The lowest BCUT2D eigenvalue weighted by Gasteiger charge is -2.26. The molecule has 0 radical (unpaired) electrons. The van der Waals surface area contributed by atoms with Crippen molar-refractivity contribution in [3.05, 3.63) is 35.6 Å². The zero-order valence-corrected chi connectivity index (χ0v) is 13.1. The lowest BCUT2D eigenvalue weighted by molar-refractivity contribution is -0.135. The van der Waals surface area contributed by atoms with Crippen molar-refractivity contribution < 1.29 is 17.6 Å². The molecule has 21 heavy (non-hydrogen) atoms. The van der Waals surface area contributed by atoms with Gasteiger partial charge in [-0.3, -0.25) is 4.79 Å². The van der Waals surface area contributed by atoms with Gasteiger partial charge in [0.25, 0.3) is 0 Å². The van der Waals surface area contributed by atoms with E-state index in [1.54, 1.807) is 32.2 Å². The number of nitrogens with zero attached hydrogens (tertiary/aromatic N) is 1. The summed E-state index contributed by atoms with van der Waals surface area (Å²) in [7, 11) is -1.39. The Balaban J connectivity index is 2.01. The van der Waals surface area contributed by atoms with Crippen LogP contribution in [0.1, 0.15) is 18.9 Å². The first-order valence-corrected chi connectivity index (χ1v) is 8.83. The first-order chi connectivity index (χ1) is 9.80. The van der Waals surface area contributed by atoms with Gasteiger partial charge < -0.3 is 4.90 Å². The minimum Gasteiger partial charge on any atom is -0.341 e. The van der Waals surface area contributed by atoms with Crippen LogP contribution in [0, 0.1) is 11.7 Å². The van der Waals surface area contributed by atoms with Crippen molar-refractivity contribution in [3.8, 4) is 0 Å². The van der Waals surface area contributed by atoms with Crippen LogP contribution in [0.15, 0.2) is 24.3 Å². The number of carbonyl (C=O) groups is 1. The van der Waals surface area contributed by atoms with Gasteiger partial charge in [-0.05, 0) is 24.5 Å². The van der Waals surface area contributed by atoms with E-state index in [0.717, 1.165) is 0 Å². The fourth-order valence-electron chi connectivity index (χ4n) is 2.69. The standard InChI is InChI=1S/C15H20FNO3S/c1-11(9-12-5-3-4-6-14(12)16)15(18)17(2)13-7-8-21(19,20)10-13/h3-6,11,13H,7-10H2,1-2H3. The Hall–Kier alpha value is -1.43. The van der Waals surface area contributed by atoms with E-state index in [1.165, 1.54) is 11.0 Å². The summed E-state index contributed by atoms with van der Waals surface area (Å²) in [5, 5.41) is 0. The topological polar surface area (TPSA) is 54.5 Å². The molecule has 0 aliphatic carbocycles. The molecule has 1 heterocycles. The van der Waals surface area contributed by atoms with Crippen molar-refractivity contribution in [2.75, 3.05) is 18.6 Å². The van der Waals surface area contributed by atoms with E-state index in [9.17, 15) is 17.6 Å². The molecule has 0 spiro atoms. The summed E-state index contributed by atoms with van der Waals surface area (Å²) in [5.74, 6) is -0.669. The molecule has 2 rings (SSSR count). The zero-order chi connectivity index (χ0) is 15.6. The van der Waals surface area contributed by atoms with Crippen molar-refractivity contribution in [2.45, 2.75) is 25.8 Å². The molecular weight excluding hydrogens is 293 g/mol. The molecule has 1 saturated heterocycles. The third kappa shape index (κ3) is 3.81. The molecule has 0 bridgehead atoms. The summed E-state index contributed by atoms with van der Waals surface area (Å²) in [5.41, 5.74) is 0.505. The summed E-state index contributed by atoms with van der Waals surface area (Å²) in [6, 6.07) is 6.13. The maximum Gasteiger partial charge on any atom is 0.225 e. The molecule has 0 N–H and O–H groups in total. The average molecular weight is 313 g/mol. The van der Waals surface area contributed by atoms with Crippen molar-refractivity contribution in [3.63, 3.8) is 0 Å². The van der Waals surface area contributed by atoms with Gasteiger partial charge in [-0.25, -0.2) is 12.8 Å². The first-order valence-electron chi connectivity index (χ1n) is 7.00. The second-order valence-electron chi connectivity index (χ2n) is 5.70. The zero-order valence-electron chi connectivity index (χ0n) is 12.3. The Bertz CT molecular complexity index is 630. The minimum atomic E-state index is -3.02. The van der Waals surface area contributed by atoms with E-state index in [0.29, 0.717) is 18.4 Å². The first kappa shape index (κ1) is 15.9. The Labute approximate surface area is 124 Å². The minimum absolute atomic E-state index is 0.0294. The number of benzene rings is 1. The summed E-state index contributed by atoms with van der Waals surface area (Å²) in [4.78, 5) is 13.9. The van der Waals surface area contributed by atoms with Gasteiger partial charge >= 0.3 is 0 Å². The second kappa shape index (κ2) is 6.13. The summed E-state index contributed by atoms with van der Waals surface area (Å²) >= 11 is 0. The van der Waals surface area contributed by atoms with Gasteiger partial charge in [0.2, 0.25) is 5.91 Å². The maximum absolute atomic E-state index is 13.6. The number of amides is 1. The van der Waals surface area contributed by atoms with Gasteiger partial charge in [0, 0.05) is 19.0 Å². The average Bonchev–Trinajstić information content (AvgIpc) is 2.80. The largest absolute Gasteiger partial charge is 0.341 e. The lowest BCUT2D eigenvalue weighted by Crippen LogP contribution is -2.41. The molecule has 1 amide bonds. The monoisotopic (exact) mass is 313 g/mol. The number of sulfone groups is 1. The lowest BCUT2D eigenvalue weighted by atomic mass is 9.99. The second-order valence-corrected chi connectivity index (χ2v) is 7.93. The Morgan fingerprint density at radius 3 is 2.67 bits per heavy atom. The van der Waals surface area contributed by atoms with Gasteiger partial charge in [0.1, 0.15) is 5.82 Å². The van der Waals surface area contributed by atoms with Crippen LogP contribution in [0.2, 0.25) is 0 Å². The van der Waals surface area contributed by atoms with Crippen LogP contribution in [0.5, 0.6) is 0 Å². The Morgan fingerprint density at radius 2 is 2.10 bits per heavy atom. The SMILES string of the molecule is CC(Cc1ccccc1F)C(=O)N(C)C1CCS(=O)(=O)C1. The van der Waals surface area contributed by atoms with Gasteiger partial charge in [-0.2, -0.15) is 0 Å². The Kier molecular flexibility index (Phi) is 4.66. The molecule has 2 unspecified atom stereocenters. The molecule has 1 aliphatic heterocycles. The molecular formula is C15H20FNO3S. The molecule has 1 fully saturated rings. The number of halogens is 1. The highest BCUT2D eigenvalue weighted by Gasteiger charge is 2.34. The highest BCUT2D eigenvalue weighted by molar-refractivity contribution is 7.91. The maximum atomic E-state index is 13.6. The van der Waals surface area contributed by atoms with E-state index >= 15 is 0 Å². The smallest absolute Gasteiger partial charge is 0.225 e. The van der Waals surface area contributed by atoms with Crippen LogP contribution in [0.4, 0.5) is 4.39 Å². The number of hydrogen-bond acceptors (Lipinski definition) is 3. The van der Waals surface area contributed by atoms with Crippen molar-refractivity contribution in [1.82, 2.24) is 4.90 Å². The molecule has 6 heteroatoms. The van der Waals surface area contributed by atoms with Crippen LogP contribution in [0.3, 0.4) is 0 Å². The fraction of sp³-hybridized carbons (Fsp3) is 0.533. The van der Waals surface area contributed by atoms with E-state index in [-0.39, 0.29) is 35.2 Å². The van der Waals surface area contributed by atoms with Crippen LogP contribution in [-0.2, 0) is 21.1 Å². The van der Waals surface area contributed by atoms with Crippen molar-refractivity contribution in [2.24, 2.45) is 5.92 Å². The van der Waals surface area contributed by atoms with E-state index in [4.69, 9.17) is 0 Å². The Morgan fingerprint density at radius 1 is 1.43 bits per heavy atom. The number of hydrogen-bond donors (Lipinski definition) is 0. The number of carbonyl (C=O) groups excluding carboxylic acids is 1. The van der Waals surface area contributed by atoms with Gasteiger partial charge in [-0.1, -0.05) is 25.1 Å². The van der Waals surface area contributed by atoms with Gasteiger partial charge in [0.05, 0.1) is 11.5 Å². The van der Waals surface area contributed by atoms with Gasteiger partial charge in [0.15, 0.2) is 9.84 Å². The molecule has 0 aromatic heterocycles. The third-order valence-corrected chi connectivity index (χ3v) is 5.76. The fourth-order valence-corrected chi connectivity index (χ4v) is 4.46. The molecule has 116 valence electrons. The highest BCUT2D eigenvalue weighted by atomic mass is 32.2. The van der Waals surface area contributed by atoms with Crippen molar-refractivity contribution in [1.29, 1.82) is 0 Å². The van der Waals surface area contributed by atoms with E-state index in [2.05, 4.69) is 0 Å². The molecule has 1 aromatic carbocycles. The predicted octanol–water partition coefficient (Wildman–Crippen LogP) is 1.65. The predicted molar refractivity (Wildman–Crippen MR) is 79.1 cm³/mol. The molecule has 0 saturated carbocycles. The normalized spacial score (nSPS) is 22.0. The molecule has 2 atom stereocenters. The van der Waals surface area contributed by atoms with Crippen LogP contribution in [-0.4, -0.2) is 43.8 Å². The highest BCUT2D eigenvalue weighted by Crippen LogP contribution is 2.20. The summed E-state index contributed by atoms with van der Waals surface area (Å²) in [6.07, 6.45) is 0.798. The number of rotatable bonds is 4. The third-order valence-electron chi connectivity index (χ3n) is 4.01. The molecule has 1 aromatic rings. The van der Waals surface area contributed by atoms with Gasteiger partial charge in [-0.15, -0.1) is 0 Å². The summed E-state index contributed by atoms with van der Waals surface area (Å²) < 4.78 is 36.6. The molecule has 1 aliphatic rings. The molecule has 4 nitrogen and oxygen atoms in total. The quantitative estimate of drug-likeness (QED) is 0.849. The van der Waals surface area contributed by atoms with Crippen molar-refractivity contribution >= 4 is 15.7 Å². The van der Waals surface area contributed by atoms with Crippen LogP contribution >= 0.6 is 0 Å². The van der Waals surface area contributed by atoms with Crippen LogP contribution in [0.25, 0.3) is 0 Å². The van der Waals surface area contributed by atoms with E-state index in [1.807, 2.05) is 0 Å².